The monoisotopic (exact) mass is 529 g/mol. The molecule has 35 heavy (non-hydrogen) atoms. The zero-order chi connectivity index (χ0) is 25.3. The second-order valence-electron chi connectivity index (χ2n) is 7.80. The Morgan fingerprint density at radius 3 is 2.46 bits per heavy atom. The van der Waals surface area contributed by atoms with Crippen LogP contribution in [0.25, 0.3) is 11.8 Å². The van der Waals surface area contributed by atoms with Gasteiger partial charge in [-0.3, -0.25) is 19.3 Å². The normalized spacial score (nSPS) is 14.7. The zero-order valence-corrected chi connectivity index (χ0v) is 21.4. The highest BCUT2D eigenvalue weighted by atomic mass is 35.5. The van der Waals surface area contributed by atoms with Crippen LogP contribution in [0, 0.1) is 13.8 Å². The Kier molecular flexibility index (Phi) is 7.25. The van der Waals surface area contributed by atoms with Crippen molar-refractivity contribution in [1.29, 1.82) is 0 Å². The second kappa shape index (κ2) is 10.2. The van der Waals surface area contributed by atoms with Gasteiger partial charge in [-0.05, 0) is 85.8 Å². The summed E-state index contributed by atoms with van der Waals surface area (Å²) < 4.78 is 7.13. The van der Waals surface area contributed by atoms with Gasteiger partial charge >= 0.3 is 0 Å². The highest BCUT2D eigenvalue weighted by molar-refractivity contribution is 8.18. The largest absolute Gasteiger partial charge is 0.495 e. The van der Waals surface area contributed by atoms with E-state index in [-0.39, 0.29) is 4.91 Å². The molecule has 180 valence electrons. The van der Waals surface area contributed by atoms with Gasteiger partial charge in [0, 0.05) is 27.8 Å². The number of benzene rings is 2. The van der Waals surface area contributed by atoms with Crippen LogP contribution in [-0.4, -0.2) is 40.2 Å². The van der Waals surface area contributed by atoms with Gasteiger partial charge in [0.25, 0.3) is 11.1 Å². The van der Waals surface area contributed by atoms with Crippen molar-refractivity contribution >= 4 is 63.8 Å². The minimum Gasteiger partial charge on any atom is -0.495 e. The number of nitrogens with zero attached hydrogens (tertiary/aromatic N) is 2. The van der Waals surface area contributed by atoms with Gasteiger partial charge in [0.05, 0.1) is 17.0 Å². The van der Waals surface area contributed by atoms with E-state index in [2.05, 4.69) is 5.32 Å². The van der Waals surface area contributed by atoms with E-state index in [4.69, 9.17) is 27.9 Å². The van der Waals surface area contributed by atoms with Crippen molar-refractivity contribution in [3.8, 4) is 11.4 Å². The molecule has 0 radical (unpaired) electrons. The van der Waals surface area contributed by atoms with Crippen molar-refractivity contribution in [3.05, 3.63) is 80.4 Å². The maximum absolute atomic E-state index is 12.9. The highest BCUT2D eigenvalue weighted by Crippen LogP contribution is 2.34. The van der Waals surface area contributed by atoms with Gasteiger partial charge in [0.15, 0.2) is 0 Å². The van der Waals surface area contributed by atoms with E-state index in [9.17, 15) is 14.4 Å². The van der Waals surface area contributed by atoms with Gasteiger partial charge in [-0.15, -0.1) is 0 Å². The lowest BCUT2D eigenvalue weighted by molar-refractivity contribution is -0.127. The number of imide groups is 1. The molecule has 1 N–H and O–H groups in total. The number of ether oxygens (including phenoxy) is 1. The molecule has 1 saturated heterocycles. The molecule has 2 aromatic carbocycles. The Morgan fingerprint density at radius 2 is 1.80 bits per heavy atom. The first-order valence-corrected chi connectivity index (χ1v) is 12.1. The van der Waals surface area contributed by atoms with Crippen LogP contribution in [0.1, 0.15) is 17.0 Å². The van der Waals surface area contributed by atoms with Crippen LogP contribution in [0.2, 0.25) is 10.0 Å². The van der Waals surface area contributed by atoms with Crippen LogP contribution >= 0.6 is 35.0 Å². The number of carbonyl (C=O) groups excluding carboxylic acids is 3. The fraction of sp³-hybridized carbons (Fsp3) is 0.160. The molecule has 0 unspecified atom stereocenters. The first kappa shape index (κ1) is 24.9. The summed E-state index contributed by atoms with van der Waals surface area (Å²) in [6.07, 6.45) is 1.68. The summed E-state index contributed by atoms with van der Waals surface area (Å²) in [7, 11) is 1.49. The lowest BCUT2D eigenvalue weighted by atomic mass is 10.2. The number of halogens is 2. The number of carbonyl (C=O) groups is 3. The maximum atomic E-state index is 12.9. The first-order chi connectivity index (χ1) is 16.7. The average molecular weight is 530 g/mol. The Balaban J connectivity index is 1.50. The average Bonchev–Trinajstić information content (AvgIpc) is 3.23. The molecule has 1 aliphatic heterocycles. The van der Waals surface area contributed by atoms with E-state index >= 15 is 0 Å². The Hall–Kier alpha value is -3.20. The SMILES string of the molecule is COc1ccc(NC(=O)CN2C(=O)S/C(=C/c3cc(C)n(-c4ccc(Cl)cc4)c3C)C2=O)cc1Cl. The van der Waals surface area contributed by atoms with Crippen molar-refractivity contribution in [2.75, 3.05) is 19.0 Å². The molecule has 0 saturated carbocycles. The molecule has 0 aliphatic carbocycles. The molecular weight excluding hydrogens is 509 g/mol. The van der Waals surface area contributed by atoms with Crippen LogP contribution in [0.15, 0.2) is 53.4 Å². The fourth-order valence-electron chi connectivity index (χ4n) is 3.79. The second-order valence-corrected chi connectivity index (χ2v) is 9.64. The Bertz CT molecular complexity index is 1370. The molecule has 2 heterocycles. The smallest absolute Gasteiger partial charge is 0.294 e. The summed E-state index contributed by atoms with van der Waals surface area (Å²) in [5.74, 6) is -0.564. The van der Waals surface area contributed by atoms with Gasteiger partial charge < -0.3 is 14.6 Å². The molecule has 0 bridgehead atoms. The van der Waals surface area contributed by atoms with Crippen LogP contribution < -0.4 is 10.1 Å². The summed E-state index contributed by atoms with van der Waals surface area (Å²) >= 11 is 12.9. The van der Waals surface area contributed by atoms with Crippen molar-refractivity contribution in [1.82, 2.24) is 9.47 Å². The van der Waals surface area contributed by atoms with Crippen LogP contribution in [0.5, 0.6) is 5.75 Å². The minimum absolute atomic E-state index is 0.256. The third-order valence-corrected chi connectivity index (χ3v) is 6.91. The molecule has 10 heteroatoms. The van der Waals surface area contributed by atoms with E-state index in [1.54, 1.807) is 18.2 Å². The van der Waals surface area contributed by atoms with Crippen molar-refractivity contribution in [3.63, 3.8) is 0 Å². The molecule has 0 atom stereocenters. The molecule has 1 aliphatic rings. The third kappa shape index (κ3) is 5.24. The van der Waals surface area contributed by atoms with E-state index < -0.39 is 23.6 Å². The number of thioether (sulfide) groups is 1. The summed E-state index contributed by atoms with van der Waals surface area (Å²) in [6, 6.07) is 14.1. The summed E-state index contributed by atoms with van der Waals surface area (Å²) in [5, 5.41) is 3.11. The predicted molar refractivity (Wildman–Crippen MR) is 140 cm³/mol. The Morgan fingerprint density at radius 1 is 1.09 bits per heavy atom. The lowest BCUT2D eigenvalue weighted by Gasteiger charge is -2.13. The number of hydrogen-bond acceptors (Lipinski definition) is 5. The molecule has 1 fully saturated rings. The molecule has 0 spiro atoms. The van der Waals surface area contributed by atoms with Gasteiger partial charge in [-0.25, -0.2) is 0 Å². The van der Waals surface area contributed by atoms with Crippen LogP contribution in [0.4, 0.5) is 10.5 Å². The number of rotatable bonds is 6. The number of nitrogens with one attached hydrogen (secondary N) is 1. The van der Waals surface area contributed by atoms with Crippen LogP contribution in [0.3, 0.4) is 0 Å². The minimum atomic E-state index is -0.518. The van der Waals surface area contributed by atoms with Gasteiger partial charge in [-0.1, -0.05) is 23.2 Å². The van der Waals surface area contributed by atoms with E-state index in [1.165, 1.54) is 13.2 Å². The topological polar surface area (TPSA) is 80.6 Å². The summed E-state index contributed by atoms with van der Waals surface area (Å²) in [5.41, 5.74) is 4.05. The maximum Gasteiger partial charge on any atom is 0.294 e. The number of aromatic nitrogens is 1. The van der Waals surface area contributed by atoms with Crippen molar-refractivity contribution in [2.45, 2.75) is 13.8 Å². The first-order valence-electron chi connectivity index (χ1n) is 10.5. The third-order valence-electron chi connectivity index (χ3n) is 5.45. The van der Waals surface area contributed by atoms with E-state index in [0.717, 1.165) is 39.3 Å². The number of anilines is 1. The summed E-state index contributed by atoms with van der Waals surface area (Å²) in [6.45, 7) is 3.49. The van der Waals surface area contributed by atoms with Crippen molar-refractivity contribution < 1.29 is 19.1 Å². The number of hydrogen-bond donors (Lipinski definition) is 1. The van der Waals surface area contributed by atoms with Crippen molar-refractivity contribution in [2.24, 2.45) is 0 Å². The van der Waals surface area contributed by atoms with E-state index in [0.29, 0.717) is 21.5 Å². The highest BCUT2D eigenvalue weighted by Gasteiger charge is 2.36. The standard InChI is InChI=1S/C25H21Cl2N3O4S/c1-14-10-16(15(2)30(14)19-7-4-17(26)5-8-19)11-22-24(32)29(25(33)35-22)13-23(31)28-18-6-9-21(34-3)20(27)12-18/h4-12H,13H2,1-3H3,(H,28,31)/b22-11+. The summed E-state index contributed by atoms with van der Waals surface area (Å²) in [4.78, 5) is 39.1. The molecule has 1 aromatic heterocycles. The zero-order valence-electron chi connectivity index (χ0n) is 19.1. The fourth-order valence-corrected chi connectivity index (χ4v) is 5.00. The number of methoxy groups -OCH3 is 1. The number of amides is 3. The molecule has 4 rings (SSSR count). The molecular formula is C25H21Cl2N3O4S. The van der Waals surface area contributed by atoms with Gasteiger partial charge in [0.1, 0.15) is 12.3 Å². The van der Waals surface area contributed by atoms with E-state index in [1.807, 2.05) is 48.7 Å². The van der Waals surface area contributed by atoms with Crippen LogP contribution in [-0.2, 0) is 9.59 Å². The number of aryl methyl sites for hydroxylation is 1. The Labute approximate surface area is 216 Å². The molecule has 3 amide bonds. The lowest BCUT2D eigenvalue weighted by Crippen LogP contribution is -2.36. The van der Waals surface area contributed by atoms with Gasteiger partial charge in [0.2, 0.25) is 5.91 Å². The molecule has 7 nitrogen and oxygen atoms in total. The molecule has 3 aromatic rings. The quantitative estimate of drug-likeness (QED) is 0.391. The predicted octanol–water partition coefficient (Wildman–Crippen LogP) is 6.08. The van der Waals surface area contributed by atoms with Gasteiger partial charge in [-0.2, -0.15) is 0 Å².